The van der Waals surface area contributed by atoms with E-state index in [-0.39, 0.29) is 0 Å². The summed E-state index contributed by atoms with van der Waals surface area (Å²) >= 11 is 1.56. The van der Waals surface area contributed by atoms with Gasteiger partial charge in [-0.25, -0.2) is 9.67 Å². The van der Waals surface area contributed by atoms with Gasteiger partial charge in [-0.05, 0) is 56.0 Å². The maximum Gasteiger partial charge on any atom is 0.211 e. The van der Waals surface area contributed by atoms with Gasteiger partial charge in [0.2, 0.25) is 4.80 Å². The number of hydrogen-bond donors (Lipinski definition) is 0. The van der Waals surface area contributed by atoms with Crippen molar-refractivity contribution < 1.29 is 9.47 Å². The van der Waals surface area contributed by atoms with Crippen LogP contribution < -0.4 is 14.3 Å². The van der Waals surface area contributed by atoms with Gasteiger partial charge >= 0.3 is 0 Å². The summed E-state index contributed by atoms with van der Waals surface area (Å²) in [5.74, 6) is 1.55. The van der Waals surface area contributed by atoms with Crippen molar-refractivity contribution in [1.82, 2.24) is 9.66 Å². The van der Waals surface area contributed by atoms with E-state index in [4.69, 9.17) is 19.6 Å². The zero-order chi connectivity index (χ0) is 21.5. The number of aromatic nitrogens is 2. The molecule has 4 rings (SSSR count). The maximum absolute atomic E-state index is 5.65. The molecule has 0 radical (unpaired) electrons. The van der Waals surface area contributed by atoms with Gasteiger partial charge in [-0.1, -0.05) is 19.3 Å². The Morgan fingerprint density at radius 2 is 1.81 bits per heavy atom. The molecule has 2 aromatic heterocycles. The predicted octanol–water partition coefficient (Wildman–Crippen LogP) is 5.81. The molecular weight excluding hydrogens is 408 g/mol. The SMILES string of the molecule is COc1ccc(OC)c(-c2csc(=Nc3cccnc3)n2N=C2CCCCCCC2)c1. The van der Waals surface area contributed by atoms with Crippen LogP contribution in [0.15, 0.2) is 58.2 Å². The van der Waals surface area contributed by atoms with E-state index < -0.39 is 0 Å². The average molecular weight is 437 g/mol. The summed E-state index contributed by atoms with van der Waals surface area (Å²) in [5.41, 5.74) is 3.91. The van der Waals surface area contributed by atoms with Crippen LogP contribution in [0.4, 0.5) is 5.69 Å². The van der Waals surface area contributed by atoms with Crippen LogP contribution in [0, 0.1) is 0 Å². The molecule has 6 nitrogen and oxygen atoms in total. The molecule has 0 bridgehead atoms. The Labute approximate surface area is 186 Å². The molecule has 3 aromatic rings. The smallest absolute Gasteiger partial charge is 0.211 e. The molecule has 0 atom stereocenters. The Morgan fingerprint density at radius 3 is 2.52 bits per heavy atom. The van der Waals surface area contributed by atoms with Crippen LogP contribution in [0.1, 0.15) is 44.9 Å². The van der Waals surface area contributed by atoms with Gasteiger partial charge in [0.05, 0.1) is 31.8 Å². The van der Waals surface area contributed by atoms with Crippen LogP contribution in [0.5, 0.6) is 11.5 Å². The summed E-state index contributed by atoms with van der Waals surface area (Å²) in [4.78, 5) is 9.83. The molecule has 1 aliphatic rings. The van der Waals surface area contributed by atoms with Gasteiger partial charge in [-0.15, -0.1) is 11.3 Å². The summed E-state index contributed by atoms with van der Waals surface area (Å²) in [5, 5.41) is 7.20. The molecular formula is C24H28N4O2S. The van der Waals surface area contributed by atoms with Crippen molar-refractivity contribution in [3.8, 4) is 22.8 Å². The van der Waals surface area contributed by atoms with E-state index in [1.54, 1.807) is 38.0 Å². The van der Waals surface area contributed by atoms with Crippen LogP contribution in [0.25, 0.3) is 11.3 Å². The molecule has 0 saturated heterocycles. The monoisotopic (exact) mass is 436 g/mol. The first-order valence-electron chi connectivity index (χ1n) is 10.7. The Kier molecular flexibility index (Phi) is 7.14. The van der Waals surface area contributed by atoms with Crippen molar-refractivity contribution in [3.63, 3.8) is 0 Å². The van der Waals surface area contributed by atoms with Crippen LogP contribution in [-0.2, 0) is 0 Å². The minimum absolute atomic E-state index is 0.776. The molecule has 0 spiro atoms. The number of rotatable bonds is 5. The van der Waals surface area contributed by atoms with E-state index in [2.05, 4.69) is 10.4 Å². The summed E-state index contributed by atoms with van der Waals surface area (Å²) in [6, 6.07) is 9.66. The summed E-state index contributed by atoms with van der Waals surface area (Å²) in [6.45, 7) is 0. The highest BCUT2D eigenvalue weighted by Gasteiger charge is 2.15. The van der Waals surface area contributed by atoms with Crippen molar-refractivity contribution in [3.05, 3.63) is 52.9 Å². The van der Waals surface area contributed by atoms with E-state index in [0.29, 0.717) is 0 Å². The quantitative estimate of drug-likeness (QED) is 0.507. The lowest BCUT2D eigenvalue weighted by Crippen LogP contribution is -2.15. The Hall–Kier alpha value is -2.93. The molecule has 1 aliphatic carbocycles. The predicted molar refractivity (Wildman–Crippen MR) is 125 cm³/mol. The Bertz CT molecular complexity index is 1090. The maximum atomic E-state index is 5.65. The molecule has 0 N–H and O–H groups in total. The lowest BCUT2D eigenvalue weighted by atomic mass is 9.99. The lowest BCUT2D eigenvalue weighted by Gasteiger charge is -2.14. The molecule has 0 unspecified atom stereocenters. The van der Waals surface area contributed by atoms with Gasteiger partial charge in [-0.3, -0.25) is 4.98 Å². The standard InChI is InChI=1S/C24H28N4O2S/c1-29-20-12-13-23(30-2)21(15-20)22-17-31-24(26-19-11-8-14-25-16-19)28(22)27-18-9-6-4-3-5-7-10-18/h8,11-17H,3-7,9-10H2,1-2H3. The largest absolute Gasteiger partial charge is 0.497 e. The third kappa shape index (κ3) is 5.22. The fraction of sp³-hybridized carbons (Fsp3) is 0.375. The number of nitrogens with zero attached hydrogens (tertiary/aromatic N) is 4. The molecule has 31 heavy (non-hydrogen) atoms. The van der Waals surface area contributed by atoms with Gasteiger partial charge in [0.15, 0.2) is 0 Å². The number of benzene rings is 1. The van der Waals surface area contributed by atoms with E-state index in [1.165, 1.54) is 37.8 Å². The molecule has 0 aliphatic heterocycles. The Morgan fingerprint density at radius 1 is 1.00 bits per heavy atom. The molecule has 2 heterocycles. The van der Waals surface area contributed by atoms with Gasteiger partial charge in [0.25, 0.3) is 0 Å². The lowest BCUT2D eigenvalue weighted by molar-refractivity contribution is 0.404. The number of pyridine rings is 1. The second-order valence-electron chi connectivity index (χ2n) is 7.54. The van der Waals surface area contributed by atoms with Crippen molar-refractivity contribution in [2.75, 3.05) is 14.2 Å². The first-order valence-corrected chi connectivity index (χ1v) is 11.6. The number of thiazole rings is 1. The van der Waals surface area contributed by atoms with E-state index in [1.807, 2.05) is 35.0 Å². The molecule has 1 fully saturated rings. The van der Waals surface area contributed by atoms with Crippen LogP contribution >= 0.6 is 11.3 Å². The van der Waals surface area contributed by atoms with Crippen molar-refractivity contribution >= 4 is 22.7 Å². The molecule has 0 amide bonds. The fourth-order valence-electron chi connectivity index (χ4n) is 3.76. The third-order valence-corrected chi connectivity index (χ3v) is 6.23. The van der Waals surface area contributed by atoms with Crippen LogP contribution in [-0.4, -0.2) is 29.6 Å². The van der Waals surface area contributed by atoms with E-state index in [9.17, 15) is 0 Å². The topological polar surface area (TPSA) is 61.0 Å². The van der Waals surface area contributed by atoms with Gasteiger partial charge in [0, 0.05) is 22.9 Å². The highest BCUT2D eigenvalue weighted by atomic mass is 32.1. The second kappa shape index (κ2) is 10.4. The average Bonchev–Trinajstić information content (AvgIpc) is 3.17. The summed E-state index contributed by atoms with van der Waals surface area (Å²) in [6.07, 6.45) is 11.8. The summed E-state index contributed by atoms with van der Waals surface area (Å²) < 4.78 is 13.1. The molecule has 1 saturated carbocycles. The third-order valence-electron chi connectivity index (χ3n) is 5.41. The minimum Gasteiger partial charge on any atom is -0.497 e. The number of ether oxygens (including phenoxy) is 2. The van der Waals surface area contributed by atoms with Gasteiger partial charge < -0.3 is 9.47 Å². The first-order chi connectivity index (χ1) is 15.3. The fourth-order valence-corrected chi connectivity index (χ4v) is 4.60. The van der Waals surface area contributed by atoms with Crippen LogP contribution in [0.2, 0.25) is 0 Å². The minimum atomic E-state index is 0.776. The van der Waals surface area contributed by atoms with Crippen molar-refractivity contribution in [1.29, 1.82) is 0 Å². The second-order valence-corrected chi connectivity index (χ2v) is 8.38. The van der Waals surface area contributed by atoms with Crippen molar-refractivity contribution in [2.24, 2.45) is 10.1 Å². The first kappa shape index (κ1) is 21.3. The zero-order valence-electron chi connectivity index (χ0n) is 18.1. The zero-order valence-corrected chi connectivity index (χ0v) is 18.9. The normalized spacial score (nSPS) is 15.3. The van der Waals surface area contributed by atoms with Gasteiger partial charge in [0.1, 0.15) is 11.5 Å². The van der Waals surface area contributed by atoms with Gasteiger partial charge in [-0.2, -0.15) is 5.10 Å². The van der Waals surface area contributed by atoms with E-state index in [0.717, 1.165) is 46.1 Å². The van der Waals surface area contributed by atoms with E-state index >= 15 is 0 Å². The molecule has 1 aromatic carbocycles. The Balaban J connectivity index is 1.87. The van der Waals surface area contributed by atoms with Crippen molar-refractivity contribution in [2.45, 2.75) is 44.9 Å². The number of methoxy groups -OCH3 is 2. The highest BCUT2D eigenvalue weighted by molar-refractivity contribution is 7.07. The number of hydrogen-bond acceptors (Lipinski definition) is 6. The molecule has 162 valence electrons. The molecule has 7 heteroatoms. The highest BCUT2D eigenvalue weighted by Crippen LogP contribution is 2.34. The van der Waals surface area contributed by atoms with Crippen LogP contribution in [0.3, 0.4) is 0 Å². The summed E-state index contributed by atoms with van der Waals surface area (Å²) in [7, 11) is 3.36.